The molecule has 0 saturated carbocycles. The van der Waals surface area contributed by atoms with Crippen molar-refractivity contribution < 1.29 is 55.1 Å². The Morgan fingerprint density at radius 3 is 1.94 bits per heavy atom. The molecular weight excluding hydrogens is 440 g/mol. The van der Waals surface area contributed by atoms with Crippen molar-refractivity contribution in [3.05, 3.63) is 0 Å². The molecule has 2 heterocycles. The molecule has 0 radical (unpaired) electrons. The average Bonchev–Trinajstić information content (AvgIpc) is 2.89. The van der Waals surface area contributed by atoms with Crippen LogP contribution in [0.15, 0.2) is 0 Å². The second-order valence-electron chi connectivity index (χ2n) is 9.27. The fourth-order valence-electron chi connectivity index (χ4n) is 4.58. The summed E-state index contributed by atoms with van der Waals surface area (Å²) in [4.78, 5) is 0. The van der Waals surface area contributed by atoms with Gasteiger partial charge in [-0.1, -0.05) is 0 Å². The number of ether oxygens (including phenoxy) is 3. The average molecular weight is 483 g/mol. The predicted molar refractivity (Wildman–Crippen MR) is 115 cm³/mol. The molecule has 33 heavy (non-hydrogen) atoms. The maximum absolute atomic E-state index is 10.6. The van der Waals surface area contributed by atoms with Crippen LogP contribution in [0.5, 0.6) is 0 Å². The summed E-state index contributed by atoms with van der Waals surface area (Å²) >= 11 is 0. The third kappa shape index (κ3) is 8.32. The Balaban J connectivity index is 1.86. The molecule has 2 rings (SSSR count). The Kier molecular flexibility index (Phi) is 13.0. The lowest BCUT2D eigenvalue weighted by molar-refractivity contribution is -0.115. The first-order valence-corrected chi connectivity index (χ1v) is 11.8. The maximum Gasteiger partial charge on any atom is 0.106 e. The molecule has 10 unspecified atom stereocenters. The van der Waals surface area contributed by atoms with E-state index < -0.39 is 60.3 Å². The van der Waals surface area contributed by atoms with Crippen molar-refractivity contribution in [1.29, 1.82) is 0 Å². The fraction of sp³-hybridized carbons (Fsp3) is 1.00. The third-order valence-corrected chi connectivity index (χ3v) is 6.94. The number of hydrogen-bond donors (Lipinski definition) is 8. The quantitative estimate of drug-likeness (QED) is 0.167. The Morgan fingerprint density at radius 1 is 0.667 bits per heavy atom. The van der Waals surface area contributed by atoms with E-state index in [1.54, 1.807) is 0 Å². The van der Waals surface area contributed by atoms with E-state index in [1.165, 1.54) is 0 Å². The highest BCUT2D eigenvalue weighted by molar-refractivity contribution is 4.87. The zero-order chi connectivity index (χ0) is 24.4. The number of aliphatic hydroxyl groups excluding tert-OH is 8. The molecule has 2 fully saturated rings. The molecule has 2 aliphatic rings. The van der Waals surface area contributed by atoms with E-state index in [2.05, 4.69) is 0 Å². The Bertz CT molecular complexity index is 525. The number of aliphatic hydroxyl groups is 8. The van der Waals surface area contributed by atoms with E-state index in [-0.39, 0.29) is 59.3 Å². The zero-order valence-electron chi connectivity index (χ0n) is 19.1. The van der Waals surface area contributed by atoms with Gasteiger partial charge < -0.3 is 55.1 Å². The van der Waals surface area contributed by atoms with Crippen LogP contribution in [0, 0.1) is 23.7 Å². The van der Waals surface area contributed by atoms with Gasteiger partial charge in [-0.3, -0.25) is 0 Å². The van der Waals surface area contributed by atoms with Crippen LogP contribution in [0.2, 0.25) is 0 Å². The van der Waals surface area contributed by atoms with Crippen LogP contribution in [0.25, 0.3) is 0 Å². The van der Waals surface area contributed by atoms with Gasteiger partial charge in [0.05, 0.1) is 50.8 Å². The first-order valence-electron chi connectivity index (χ1n) is 11.8. The summed E-state index contributed by atoms with van der Waals surface area (Å²) in [6.07, 6.45) is -6.19. The highest BCUT2D eigenvalue weighted by Gasteiger charge is 2.38. The molecule has 2 aliphatic heterocycles. The van der Waals surface area contributed by atoms with E-state index >= 15 is 0 Å². The second kappa shape index (κ2) is 14.8. The van der Waals surface area contributed by atoms with Gasteiger partial charge >= 0.3 is 0 Å². The molecule has 10 atom stereocenters. The Labute approximate surface area is 194 Å². The highest BCUT2D eigenvalue weighted by atomic mass is 16.5. The van der Waals surface area contributed by atoms with Crippen LogP contribution in [0.4, 0.5) is 0 Å². The molecule has 0 aliphatic carbocycles. The number of hydrogen-bond acceptors (Lipinski definition) is 11. The minimum Gasteiger partial charge on any atom is -0.396 e. The minimum absolute atomic E-state index is 0.0784. The smallest absolute Gasteiger partial charge is 0.106 e. The molecule has 0 aromatic carbocycles. The normalized spacial score (nSPS) is 41.8. The molecule has 196 valence electrons. The SMILES string of the molecule is OCC1COCCC(COCCCC2C(CO)COCCC(O)C(O)C2O)C(O)C(O)C1O. The van der Waals surface area contributed by atoms with Gasteiger partial charge in [0.25, 0.3) is 0 Å². The molecule has 2 saturated heterocycles. The predicted octanol–water partition coefficient (Wildman–Crippen LogP) is -2.76. The number of rotatable bonds is 8. The zero-order valence-corrected chi connectivity index (χ0v) is 19.1. The highest BCUT2D eigenvalue weighted by Crippen LogP contribution is 2.28. The molecule has 0 bridgehead atoms. The summed E-state index contributed by atoms with van der Waals surface area (Å²) in [5.41, 5.74) is 0. The lowest BCUT2D eigenvalue weighted by atomic mass is 9.81. The molecule has 0 aromatic heterocycles. The van der Waals surface area contributed by atoms with Crippen LogP contribution in [-0.2, 0) is 14.2 Å². The third-order valence-electron chi connectivity index (χ3n) is 6.94. The fourth-order valence-corrected chi connectivity index (χ4v) is 4.58. The summed E-state index contributed by atoms with van der Waals surface area (Å²) in [7, 11) is 0. The maximum atomic E-state index is 10.6. The monoisotopic (exact) mass is 482 g/mol. The van der Waals surface area contributed by atoms with Crippen LogP contribution in [0.3, 0.4) is 0 Å². The van der Waals surface area contributed by atoms with Crippen LogP contribution < -0.4 is 0 Å². The molecule has 0 aromatic rings. The topological polar surface area (TPSA) is 190 Å². The van der Waals surface area contributed by atoms with E-state index in [1.807, 2.05) is 0 Å². The van der Waals surface area contributed by atoms with Crippen molar-refractivity contribution in [2.45, 2.75) is 62.3 Å². The van der Waals surface area contributed by atoms with E-state index in [0.717, 1.165) is 0 Å². The van der Waals surface area contributed by atoms with Crippen molar-refractivity contribution >= 4 is 0 Å². The summed E-state index contributed by atoms with van der Waals surface area (Å²) in [5, 5.41) is 80.9. The van der Waals surface area contributed by atoms with Gasteiger partial charge in [0.2, 0.25) is 0 Å². The lowest BCUT2D eigenvalue weighted by Crippen LogP contribution is -2.47. The first kappa shape index (κ1) is 28.8. The summed E-state index contributed by atoms with van der Waals surface area (Å²) in [6.45, 7) is 0.580. The molecule has 0 amide bonds. The Hall–Kier alpha value is -0.440. The van der Waals surface area contributed by atoms with E-state index in [9.17, 15) is 40.9 Å². The van der Waals surface area contributed by atoms with Gasteiger partial charge in [0.1, 0.15) is 12.2 Å². The lowest BCUT2D eigenvalue weighted by Gasteiger charge is -2.32. The van der Waals surface area contributed by atoms with Gasteiger partial charge in [-0.15, -0.1) is 0 Å². The first-order chi connectivity index (χ1) is 15.8. The standard InChI is InChI=1S/C22H42O11/c23-8-14-11-33-7-4-17(25)21(29)20(28)16(14)2-1-5-31-10-13-3-6-32-12-15(9-24)19(27)22(30)18(13)26/h13-30H,1-12H2. The Morgan fingerprint density at radius 2 is 1.27 bits per heavy atom. The van der Waals surface area contributed by atoms with Gasteiger partial charge in [-0.2, -0.15) is 0 Å². The van der Waals surface area contributed by atoms with Crippen LogP contribution in [-0.4, -0.2) is 130 Å². The van der Waals surface area contributed by atoms with Crippen molar-refractivity contribution in [3.8, 4) is 0 Å². The van der Waals surface area contributed by atoms with Gasteiger partial charge in [0.15, 0.2) is 0 Å². The summed E-state index contributed by atoms with van der Waals surface area (Å²) in [5.74, 6) is -2.08. The molecule has 11 heteroatoms. The van der Waals surface area contributed by atoms with Crippen LogP contribution >= 0.6 is 0 Å². The van der Waals surface area contributed by atoms with Crippen molar-refractivity contribution in [2.75, 3.05) is 52.9 Å². The summed E-state index contributed by atoms with van der Waals surface area (Å²) in [6, 6.07) is 0. The molecule has 11 nitrogen and oxygen atoms in total. The van der Waals surface area contributed by atoms with Gasteiger partial charge in [-0.25, -0.2) is 0 Å². The molecule has 8 N–H and O–H groups in total. The van der Waals surface area contributed by atoms with Crippen molar-refractivity contribution in [2.24, 2.45) is 23.7 Å². The minimum atomic E-state index is -1.44. The van der Waals surface area contributed by atoms with Crippen molar-refractivity contribution in [1.82, 2.24) is 0 Å². The van der Waals surface area contributed by atoms with E-state index in [4.69, 9.17) is 14.2 Å². The molecular formula is C22H42O11. The van der Waals surface area contributed by atoms with Crippen molar-refractivity contribution in [3.63, 3.8) is 0 Å². The molecule has 0 spiro atoms. The van der Waals surface area contributed by atoms with Crippen LogP contribution in [0.1, 0.15) is 25.7 Å². The van der Waals surface area contributed by atoms with Gasteiger partial charge in [0, 0.05) is 44.2 Å². The van der Waals surface area contributed by atoms with Gasteiger partial charge in [-0.05, 0) is 31.6 Å². The second-order valence-corrected chi connectivity index (χ2v) is 9.27. The van der Waals surface area contributed by atoms with E-state index in [0.29, 0.717) is 19.3 Å². The largest absolute Gasteiger partial charge is 0.396 e. The summed E-state index contributed by atoms with van der Waals surface area (Å²) < 4.78 is 16.6.